The Morgan fingerprint density at radius 1 is 1.00 bits per heavy atom. The lowest BCUT2D eigenvalue weighted by molar-refractivity contribution is 0.0730. The molecule has 0 N–H and O–H groups in total. The molecule has 1 fully saturated rings. The molecule has 10 heteroatoms. The summed E-state index contributed by atoms with van der Waals surface area (Å²) >= 11 is 1.56. The second kappa shape index (κ2) is 12.4. The molecule has 200 valence electrons. The van der Waals surface area contributed by atoms with E-state index >= 15 is 0 Å². The highest BCUT2D eigenvalue weighted by molar-refractivity contribution is 8.93. The summed E-state index contributed by atoms with van der Waals surface area (Å²) in [5.74, 6) is 0.807. The number of methoxy groups -OCH3 is 1. The third-order valence-corrected chi connectivity index (χ3v) is 9.06. The zero-order valence-corrected chi connectivity index (χ0v) is 24.6. The lowest BCUT2D eigenvalue weighted by Crippen LogP contribution is -2.40. The molecule has 1 aliphatic heterocycles. The molecule has 5 rings (SSSR count). The summed E-state index contributed by atoms with van der Waals surface area (Å²) in [6.45, 7) is 4.26. The average Bonchev–Trinajstić information content (AvgIpc) is 3.31. The predicted octanol–water partition coefficient (Wildman–Crippen LogP) is 5.41. The Kier molecular flexibility index (Phi) is 9.22. The first kappa shape index (κ1) is 28.3. The van der Waals surface area contributed by atoms with Crippen molar-refractivity contribution in [3.8, 4) is 17.0 Å². The minimum Gasteiger partial charge on any atom is -0.497 e. The van der Waals surface area contributed by atoms with Crippen molar-refractivity contribution in [2.45, 2.75) is 18.4 Å². The number of halogens is 1. The molecule has 0 saturated carbocycles. The lowest BCUT2D eigenvalue weighted by Gasteiger charge is -2.26. The van der Waals surface area contributed by atoms with Gasteiger partial charge in [-0.1, -0.05) is 36.4 Å². The molecule has 38 heavy (non-hydrogen) atoms. The van der Waals surface area contributed by atoms with E-state index in [0.717, 1.165) is 38.6 Å². The Bertz CT molecular complexity index is 1540. The van der Waals surface area contributed by atoms with Gasteiger partial charge in [0.25, 0.3) is 0 Å². The summed E-state index contributed by atoms with van der Waals surface area (Å²) in [7, 11) is -1.89. The molecule has 0 radical (unpaired) electrons. The first-order valence-electron chi connectivity index (χ1n) is 12.0. The van der Waals surface area contributed by atoms with E-state index in [0.29, 0.717) is 37.7 Å². The fourth-order valence-electron chi connectivity index (χ4n) is 4.26. The normalized spacial score (nSPS) is 14.7. The second-order valence-corrected chi connectivity index (χ2v) is 11.6. The fraction of sp³-hybridized carbons (Fsp3) is 0.250. The molecular formula is C28H30BrN3O4S2. The molecule has 0 amide bonds. The first-order chi connectivity index (χ1) is 17.9. The largest absolute Gasteiger partial charge is 0.497 e. The van der Waals surface area contributed by atoms with Gasteiger partial charge in [-0.2, -0.15) is 4.31 Å². The van der Waals surface area contributed by atoms with E-state index in [1.165, 1.54) is 4.31 Å². The molecule has 0 spiro atoms. The Labute approximate surface area is 237 Å². The van der Waals surface area contributed by atoms with Gasteiger partial charge in [-0.25, -0.2) is 13.4 Å². The Morgan fingerprint density at radius 3 is 2.37 bits per heavy atom. The summed E-state index contributed by atoms with van der Waals surface area (Å²) in [5, 5.41) is 2.07. The van der Waals surface area contributed by atoms with Gasteiger partial charge in [0.05, 0.1) is 43.1 Å². The van der Waals surface area contributed by atoms with Crippen LogP contribution in [0.2, 0.25) is 0 Å². The summed E-state index contributed by atoms with van der Waals surface area (Å²) < 4.78 is 40.4. The van der Waals surface area contributed by atoms with Gasteiger partial charge < -0.3 is 14.0 Å². The standard InChI is InChI=1S/C28H29N3O4S2.BrH/c1-21-4-3-5-24(18-21)29-28-31(19-22-6-10-25(34-2)11-7-22)27(20-36-28)23-8-12-26(13-9-23)37(32,33)30-14-16-35-17-15-30;/h3-13,18,20H,14-17,19H2,1-2H3;1H. The monoisotopic (exact) mass is 615 g/mol. The lowest BCUT2D eigenvalue weighted by atomic mass is 10.1. The van der Waals surface area contributed by atoms with Crippen LogP contribution in [-0.2, 0) is 21.3 Å². The van der Waals surface area contributed by atoms with Crippen molar-refractivity contribution in [1.82, 2.24) is 8.87 Å². The molecule has 2 heterocycles. The number of thiazole rings is 1. The third-order valence-electron chi connectivity index (χ3n) is 6.28. The highest BCUT2D eigenvalue weighted by atomic mass is 79.9. The van der Waals surface area contributed by atoms with Gasteiger partial charge in [-0.3, -0.25) is 0 Å². The average molecular weight is 617 g/mol. The van der Waals surface area contributed by atoms with E-state index in [-0.39, 0.29) is 17.0 Å². The number of sulfonamides is 1. The van der Waals surface area contributed by atoms with Crippen LogP contribution in [0.5, 0.6) is 5.75 Å². The smallest absolute Gasteiger partial charge is 0.243 e. The van der Waals surface area contributed by atoms with Crippen molar-refractivity contribution < 1.29 is 17.9 Å². The maximum atomic E-state index is 13.1. The van der Waals surface area contributed by atoms with E-state index in [1.807, 2.05) is 48.5 Å². The van der Waals surface area contributed by atoms with Crippen LogP contribution in [-0.4, -0.2) is 50.7 Å². The van der Waals surface area contributed by atoms with Crippen molar-refractivity contribution in [3.63, 3.8) is 0 Å². The molecular weight excluding hydrogens is 586 g/mol. The maximum Gasteiger partial charge on any atom is 0.243 e. The fourth-order valence-corrected chi connectivity index (χ4v) is 6.59. The number of aromatic nitrogens is 1. The molecule has 0 atom stereocenters. The predicted molar refractivity (Wildman–Crippen MR) is 156 cm³/mol. The zero-order chi connectivity index (χ0) is 25.8. The maximum absolute atomic E-state index is 13.1. The van der Waals surface area contributed by atoms with Gasteiger partial charge in [0.2, 0.25) is 10.0 Å². The molecule has 0 aliphatic carbocycles. The zero-order valence-electron chi connectivity index (χ0n) is 21.2. The summed E-state index contributed by atoms with van der Waals surface area (Å²) in [4.78, 5) is 6.09. The summed E-state index contributed by atoms with van der Waals surface area (Å²) in [5.41, 5.74) is 5.05. The Balaban J connectivity index is 0.00000336. The van der Waals surface area contributed by atoms with Gasteiger partial charge in [-0.05, 0) is 60.0 Å². The number of aryl methyl sites for hydroxylation is 1. The SMILES string of the molecule is Br.COc1ccc(Cn2c(-c3ccc(S(=O)(=O)N4CCOCC4)cc3)csc2=Nc2cccc(C)c2)cc1. The molecule has 0 bridgehead atoms. The van der Waals surface area contributed by atoms with E-state index < -0.39 is 10.0 Å². The minimum absolute atomic E-state index is 0. The van der Waals surface area contributed by atoms with Crippen LogP contribution >= 0.6 is 28.3 Å². The number of ether oxygens (including phenoxy) is 2. The number of hydrogen-bond donors (Lipinski definition) is 0. The Morgan fingerprint density at radius 2 is 1.71 bits per heavy atom. The number of rotatable bonds is 7. The Hall–Kier alpha value is -2.76. The number of nitrogens with zero attached hydrogens (tertiary/aromatic N) is 3. The summed E-state index contributed by atoms with van der Waals surface area (Å²) in [6, 6.07) is 23.2. The van der Waals surface area contributed by atoms with Crippen molar-refractivity contribution in [2.24, 2.45) is 4.99 Å². The van der Waals surface area contributed by atoms with E-state index in [2.05, 4.69) is 29.0 Å². The second-order valence-electron chi connectivity index (χ2n) is 8.83. The molecule has 1 aliphatic rings. The molecule has 7 nitrogen and oxygen atoms in total. The van der Waals surface area contributed by atoms with Gasteiger partial charge in [0, 0.05) is 18.5 Å². The van der Waals surface area contributed by atoms with E-state index in [9.17, 15) is 8.42 Å². The molecule has 0 unspecified atom stereocenters. The molecule has 4 aromatic rings. The highest BCUT2D eigenvalue weighted by Crippen LogP contribution is 2.26. The van der Waals surface area contributed by atoms with Crippen molar-refractivity contribution >= 4 is 44.0 Å². The van der Waals surface area contributed by atoms with Crippen LogP contribution in [0.1, 0.15) is 11.1 Å². The van der Waals surface area contributed by atoms with Crippen molar-refractivity contribution in [3.05, 3.63) is 94.1 Å². The van der Waals surface area contributed by atoms with Crippen LogP contribution in [0.4, 0.5) is 5.69 Å². The van der Waals surface area contributed by atoms with E-state index in [4.69, 9.17) is 14.5 Å². The van der Waals surface area contributed by atoms with Crippen LogP contribution < -0.4 is 9.54 Å². The van der Waals surface area contributed by atoms with Crippen LogP contribution in [0.3, 0.4) is 0 Å². The number of hydrogen-bond acceptors (Lipinski definition) is 6. The molecule has 1 aromatic heterocycles. The molecule has 1 saturated heterocycles. The topological polar surface area (TPSA) is 73.1 Å². The van der Waals surface area contributed by atoms with Gasteiger partial charge >= 0.3 is 0 Å². The van der Waals surface area contributed by atoms with Crippen molar-refractivity contribution in [2.75, 3.05) is 33.4 Å². The van der Waals surface area contributed by atoms with Crippen LogP contribution in [0, 0.1) is 6.92 Å². The van der Waals surface area contributed by atoms with Gasteiger partial charge in [-0.15, -0.1) is 28.3 Å². The van der Waals surface area contributed by atoms with Crippen LogP contribution in [0.15, 0.2) is 88.1 Å². The third kappa shape index (κ3) is 6.27. The number of benzene rings is 3. The van der Waals surface area contributed by atoms with Crippen LogP contribution in [0.25, 0.3) is 11.3 Å². The van der Waals surface area contributed by atoms with Gasteiger partial charge in [0.1, 0.15) is 5.75 Å². The van der Waals surface area contributed by atoms with Crippen molar-refractivity contribution in [1.29, 1.82) is 0 Å². The first-order valence-corrected chi connectivity index (χ1v) is 14.4. The molecule has 3 aromatic carbocycles. The van der Waals surface area contributed by atoms with Gasteiger partial charge in [0.15, 0.2) is 4.80 Å². The van der Waals surface area contributed by atoms with E-state index in [1.54, 1.807) is 30.6 Å². The quantitative estimate of drug-likeness (QED) is 0.278. The number of morpholine rings is 1. The highest BCUT2D eigenvalue weighted by Gasteiger charge is 2.26. The summed E-state index contributed by atoms with van der Waals surface area (Å²) in [6.07, 6.45) is 0. The minimum atomic E-state index is -3.55.